The highest BCUT2D eigenvalue weighted by Gasteiger charge is 2.36. The molecule has 1 aromatic carbocycles. The Kier molecular flexibility index (Phi) is 6.03. The van der Waals surface area contributed by atoms with Crippen molar-refractivity contribution in [1.29, 1.82) is 0 Å². The van der Waals surface area contributed by atoms with Crippen molar-refractivity contribution in [1.82, 2.24) is 5.32 Å². The summed E-state index contributed by atoms with van der Waals surface area (Å²) in [5.41, 5.74) is 2.04. The van der Waals surface area contributed by atoms with E-state index in [-0.39, 0.29) is 23.1 Å². The maximum absolute atomic E-state index is 12.5. The number of rotatable bonds is 6. The van der Waals surface area contributed by atoms with Gasteiger partial charge >= 0.3 is 0 Å². The molecular weight excluding hydrogens is 300 g/mol. The minimum Gasteiger partial charge on any atom is -0.356 e. The van der Waals surface area contributed by atoms with E-state index in [9.17, 15) is 9.59 Å². The molecule has 4 nitrogen and oxygen atoms in total. The molecule has 1 fully saturated rings. The monoisotopic (exact) mass is 330 g/mol. The summed E-state index contributed by atoms with van der Waals surface area (Å²) in [6.07, 6.45) is 3.56. The first-order valence-corrected chi connectivity index (χ1v) is 9.02. The average Bonchev–Trinajstić information content (AvgIpc) is 2.92. The third kappa shape index (κ3) is 4.37. The van der Waals surface area contributed by atoms with E-state index in [1.54, 1.807) is 4.90 Å². The normalized spacial score (nSPS) is 18.1. The molecule has 132 valence electrons. The summed E-state index contributed by atoms with van der Waals surface area (Å²) in [5, 5.41) is 2.98. The highest BCUT2D eigenvalue weighted by molar-refractivity contribution is 6.01. The lowest BCUT2D eigenvalue weighted by atomic mass is 9.85. The summed E-state index contributed by atoms with van der Waals surface area (Å²) in [7, 11) is 0. The molecule has 0 aromatic heterocycles. The van der Waals surface area contributed by atoms with Gasteiger partial charge in [0, 0.05) is 25.2 Å². The maximum atomic E-state index is 12.5. The van der Waals surface area contributed by atoms with E-state index in [0.29, 0.717) is 19.5 Å². The standard InChI is InChI=1S/C20H30N2O2/c1-5-6-9-12-21-19(24)15-13-18(23)22(14-15)17-11-8-7-10-16(17)20(2,3)4/h7-8,10-11,15H,5-6,9,12-14H2,1-4H3,(H,21,24). The van der Waals surface area contributed by atoms with Crippen LogP contribution in [0.4, 0.5) is 5.69 Å². The molecule has 1 saturated heterocycles. The molecule has 1 aliphatic rings. The number of unbranched alkanes of at least 4 members (excludes halogenated alkanes) is 2. The van der Waals surface area contributed by atoms with Crippen LogP contribution in [0.5, 0.6) is 0 Å². The summed E-state index contributed by atoms with van der Waals surface area (Å²) >= 11 is 0. The van der Waals surface area contributed by atoms with Crippen LogP contribution in [-0.2, 0) is 15.0 Å². The lowest BCUT2D eigenvalue weighted by Crippen LogP contribution is -2.34. The number of hydrogen-bond acceptors (Lipinski definition) is 2. The van der Waals surface area contributed by atoms with Gasteiger partial charge in [0.1, 0.15) is 0 Å². The third-order valence-electron chi connectivity index (χ3n) is 4.58. The number of para-hydroxylation sites is 1. The van der Waals surface area contributed by atoms with Gasteiger partial charge in [0.2, 0.25) is 11.8 Å². The molecule has 0 aliphatic carbocycles. The first kappa shape index (κ1) is 18.5. The molecule has 1 aromatic rings. The Labute approximate surface area is 145 Å². The lowest BCUT2D eigenvalue weighted by Gasteiger charge is -2.27. The van der Waals surface area contributed by atoms with E-state index in [4.69, 9.17) is 0 Å². The molecule has 1 N–H and O–H groups in total. The van der Waals surface area contributed by atoms with E-state index in [0.717, 1.165) is 30.5 Å². The smallest absolute Gasteiger partial charge is 0.227 e. The summed E-state index contributed by atoms with van der Waals surface area (Å²) in [6.45, 7) is 9.75. The summed E-state index contributed by atoms with van der Waals surface area (Å²) in [5.74, 6) is -0.192. The van der Waals surface area contributed by atoms with Crippen molar-refractivity contribution in [2.24, 2.45) is 5.92 Å². The van der Waals surface area contributed by atoms with Gasteiger partial charge in [0.25, 0.3) is 0 Å². The molecule has 1 heterocycles. The van der Waals surface area contributed by atoms with Crippen LogP contribution < -0.4 is 10.2 Å². The molecule has 1 aliphatic heterocycles. The Morgan fingerprint density at radius 2 is 1.96 bits per heavy atom. The highest BCUT2D eigenvalue weighted by atomic mass is 16.2. The third-order valence-corrected chi connectivity index (χ3v) is 4.58. The van der Waals surface area contributed by atoms with E-state index >= 15 is 0 Å². The molecule has 24 heavy (non-hydrogen) atoms. The quantitative estimate of drug-likeness (QED) is 0.810. The van der Waals surface area contributed by atoms with Crippen LogP contribution in [0.15, 0.2) is 24.3 Å². The number of amides is 2. The van der Waals surface area contributed by atoms with Crippen molar-refractivity contribution in [2.75, 3.05) is 18.0 Å². The second-order valence-corrected chi connectivity index (χ2v) is 7.67. The van der Waals surface area contributed by atoms with Gasteiger partial charge < -0.3 is 10.2 Å². The van der Waals surface area contributed by atoms with Crippen LogP contribution >= 0.6 is 0 Å². The van der Waals surface area contributed by atoms with Crippen molar-refractivity contribution < 1.29 is 9.59 Å². The van der Waals surface area contributed by atoms with E-state index < -0.39 is 0 Å². The summed E-state index contributed by atoms with van der Waals surface area (Å²) < 4.78 is 0. The minimum absolute atomic E-state index is 0.00944. The molecule has 1 atom stereocenters. The van der Waals surface area contributed by atoms with Gasteiger partial charge in [0.05, 0.1) is 5.92 Å². The predicted molar refractivity (Wildman–Crippen MR) is 98.1 cm³/mol. The number of nitrogens with one attached hydrogen (secondary N) is 1. The van der Waals surface area contributed by atoms with Crippen molar-refractivity contribution >= 4 is 17.5 Å². The number of benzene rings is 1. The zero-order valence-corrected chi connectivity index (χ0v) is 15.4. The molecule has 0 spiro atoms. The van der Waals surface area contributed by atoms with Crippen LogP contribution in [0, 0.1) is 5.92 Å². The lowest BCUT2D eigenvalue weighted by molar-refractivity contribution is -0.126. The first-order chi connectivity index (χ1) is 11.3. The highest BCUT2D eigenvalue weighted by Crippen LogP contribution is 2.35. The summed E-state index contributed by atoms with van der Waals surface area (Å²) in [4.78, 5) is 26.6. The molecule has 0 saturated carbocycles. The number of carbonyl (C=O) groups excluding carboxylic acids is 2. The van der Waals surface area contributed by atoms with Crippen LogP contribution in [0.25, 0.3) is 0 Å². The van der Waals surface area contributed by atoms with Crippen molar-refractivity contribution in [3.05, 3.63) is 29.8 Å². The zero-order valence-electron chi connectivity index (χ0n) is 15.4. The Morgan fingerprint density at radius 1 is 1.25 bits per heavy atom. The minimum atomic E-state index is -0.243. The van der Waals surface area contributed by atoms with Gasteiger partial charge in [-0.15, -0.1) is 0 Å². The van der Waals surface area contributed by atoms with Crippen molar-refractivity contribution in [3.63, 3.8) is 0 Å². The van der Waals surface area contributed by atoms with Gasteiger partial charge in [-0.25, -0.2) is 0 Å². The number of nitrogens with zero attached hydrogens (tertiary/aromatic N) is 1. The molecule has 0 bridgehead atoms. The van der Waals surface area contributed by atoms with Gasteiger partial charge in [0.15, 0.2) is 0 Å². The molecule has 1 unspecified atom stereocenters. The SMILES string of the molecule is CCCCCNC(=O)C1CC(=O)N(c2ccccc2C(C)(C)C)C1. The zero-order chi connectivity index (χ0) is 17.7. The van der Waals surface area contributed by atoms with Crippen molar-refractivity contribution in [2.45, 2.75) is 58.8 Å². The Morgan fingerprint density at radius 3 is 2.62 bits per heavy atom. The number of hydrogen-bond donors (Lipinski definition) is 1. The van der Waals surface area contributed by atoms with Gasteiger partial charge in [-0.2, -0.15) is 0 Å². The van der Waals surface area contributed by atoms with E-state index in [1.165, 1.54) is 0 Å². The maximum Gasteiger partial charge on any atom is 0.227 e. The topological polar surface area (TPSA) is 49.4 Å². The fourth-order valence-corrected chi connectivity index (χ4v) is 3.19. The molecule has 2 rings (SSSR count). The molecule has 4 heteroatoms. The number of anilines is 1. The molecular formula is C20H30N2O2. The average molecular weight is 330 g/mol. The number of carbonyl (C=O) groups is 2. The molecule has 2 amide bonds. The Bertz CT molecular complexity index is 590. The fourth-order valence-electron chi connectivity index (χ4n) is 3.19. The second-order valence-electron chi connectivity index (χ2n) is 7.67. The first-order valence-electron chi connectivity index (χ1n) is 9.02. The van der Waals surface area contributed by atoms with Crippen LogP contribution in [0.1, 0.15) is 58.9 Å². The van der Waals surface area contributed by atoms with Gasteiger partial charge in [-0.1, -0.05) is 58.7 Å². The van der Waals surface area contributed by atoms with E-state index in [2.05, 4.69) is 39.1 Å². The molecule has 0 radical (unpaired) electrons. The van der Waals surface area contributed by atoms with Gasteiger partial charge in [-0.3, -0.25) is 9.59 Å². The van der Waals surface area contributed by atoms with Crippen LogP contribution in [0.2, 0.25) is 0 Å². The van der Waals surface area contributed by atoms with Crippen LogP contribution in [0.3, 0.4) is 0 Å². The fraction of sp³-hybridized carbons (Fsp3) is 0.600. The largest absolute Gasteiger partial charge is 0.356 e. The van der Waals surface area contributed by atoms with Crippen LogP contribution in [-0.4, -0.2) is 24.9 Å². The van der Waals surface area contributed by atoms with Gasteiger partial charge in [-0.05, 0) is 23.5 Å². The second kappa shape index (κ2) is 7.82. The van der Waals surface area contributed by atoms with Crippen molar-refractivity contribution in [3.8, 4) is 0 Å². The van der Waals surface area contributed by atoms with E-state index in [1.807, 2.05) is 18.2 Å². The Balaban J connectivity index is 2.07. The predicted octanol–water partition coefficient (Wildman–Crippen LogP) is 3.64. The summed E-state index contributed by atoms with van der Waals surface area (Å²) in [6, 6.07) is 8.01. The Hall–Kier alpha value is -1.84.